The highest BCUT2D eigenvalue weighted by atomic mass is 16.3. The van der Waals surface area contributed by atoms with E-state index in [9.17, 15) is 5.11 Å². The zero-order chi connectivity index (χ0) is 15.4. The third kappa shape index (κ3) is 3.60. The minimum Gasteiger partial charge on any atom is -0.507 e. The lowest BCUT2D eigenvalue weighted by atomic mass is 9.87. The Labute approximate surface area is 125 Å². The van der Waals surface area contributed by atoms with Crippen LogP contribution < -0.4 is 17.2 Å². The number of hydrogen-bond acceptors (Lipinski definition) is 4. The van der Waals surface area contributed by atoms with Gasteiger partial charge < -0.3 is 22.3 Å². The SMILES string of the molecule is CC1CC=C(C(/C=C(\N)c2ccccc2O)=C(N)N)CC1. The molecular formula is C17H23N3O. The third-order valence-corrected chi connectivity index (χ3v) is 3.84. The second kappa shape index (κ2) is 6.39. The fourth-order valence-electron chi connectivity index (χ4n) is 2.52. The van der Waals surface area contributed by atoms with E-state index in [0.717, 1.165) is 30.4 Å². The maximum absolute atomic E-state index is 9.86. The van der Waals surface area contributed by atoms with E-state index in [1.54, 1.807) is 24.3 Å². The molecule has 1 aromatic carbocycles. The number of aromatic hydroxyl groups is 1. The van der Waals surface area contributed by atoms with Crippen LogP contribution in [0.3, 0.4) is 0 Å². The average Bonchev–Trinajstić information content (AvgIpc) is 2.46. The van der Waals surface area contributed by atoms with Crippen LogP contribution in [-0.2, 0) is 0 Å². The molecule has 1 aromatic rings. The number of allylic oxidation sites excluding steroid dienone is 4. The largest absolute Gasteiger partial charge is 0.507 e. The van der Waals surface area contributed by atoms with Gasteiger partial charge in [0.1, 0.15) is 11.6 Å². The number of benzene rings is 1. The number of hydrogen-bond donors (Lipinski definition) is 4. The van der Waals surface area contributed by atoms with Crippen LogP contribution in [0.2, 0.25) is 0 Å². The number of nitrogens with two attached hydrogens (primary N) is 3. The summed E-state index contributed by atoms with van der Waals surface area (Å²) in [7, 11) is 0. The van der Waals surface area contributed by atoms with Crippen molar-refractivity contribution >= 4 is 5.70 Å². The van der Waals surface area contributed by atoms with Crippen molar-refractivity contribution in [1.29, 1.82) is 0 Å². The number of phenolic OH excluding ortho intramolecular Hbond substituents is 1. The highest BCUT2D eigenvalue weighted by Crippen LogP contribution is 2.30. The molecule has 4 nitrogen and oxygen atoms in total. The van der Waals surface area contributed by atoms with Crippen LogP contribution in [0.4, 0.5) is 0 Å². The quantitative estimate of drug-likeness (QED) is 0.641. The number of phenols is 1. The first-order valence-corrected chi connectivity index (χ1v) is 7.19. The molecule has 2 rings (SSSR count). The van der Waals surface area contributed by atoms with E-state index in [-0.39, 0.29) is 11.6 Å². The summed E-state index contributed by atoms with van der Waals surface area (Å²) in [5.74, 6) is 1.09. The van der Waals surface area contributed by atoms with E-state index in [4.69, 9.17) is 17.2 Å². The molecule has 0 fully saturated rings. The van der Waals surface area contributed by atoms with Crippen LogP contribution in [0, 0.1) is 5.92 Å². The number of rotatable bonds is 3. The van der Waals surface area contributed by atoms with Crippen molar-refractivity contribution in [2.75, 3.05) is 0 Å². The van der Waals surface area contributed by atoms with E-state index in [2.05, 4.69) is 13.0 Å². The molecule has 7 N–H and O–H groups in total. The lowest BCUT2D eigenvalue weighted by Crippen LogP contribution is -2.15. The molecule has 1 atom stereocenters. The maximum atomic E-state index is 9.86. The van der Waals surface area contributed by atoms with Gasteiger partial charge in [-0.1, -0.05) is 25.1 Å². The molecule has 0 amide bonds. The highest BCUT2D eigenvalue weighted by Gasteiger charge is 2.15. The van der Waals surface area contributed by atoms with Gasteiger partial charge in [-0.3, -0.25) is 0 Å². The van der Waals surface area contributed by atoms with Crippen molar-refractivity contribution in [1.82, 2.24) is 0 Å². The van der Waals surface area contributed by atoms with Crippen molar-refractivity contribution < 1.29 is 5.11 Å². The summed E-state index contributed by atoms with van der Waals surface area (Å²) in [6, 6.07) is 6.95. The first-order chi connectivity index (χ1) is 9.99. The van der Waals surface area contributed by atoms with Crippen LogP contribution in [0.1, 0.15) is 31.7 Å². The third-order valence-electron chi connectivity index (χ3n) is 3.84. The van der Waals surface area contributed by atoms with Crippen molar-refractivity contribution in [3.8, 4) is 5.75 Å². The van der Waals surface area contributed by atoms with E-state index in [0.29, 0.717) is 17.2 Å². The van der Waals surface area contributed by atoms with Gasteiger partial charge in [-0.25, -0.2) is 0 Å². The van der Waals surface area contributed by atoms with Crippen LogP contribution in [0.25, 0.3) is 5.70 Å². The topological polar surface area (TPSA) is 98.3 Å². The van der Waals surface area contributed by atoms with Gasteiger partial charge in [-0.05, 0) is 49.0 Å². The molecule has 0 saturated heterocycles. The molecule has 0 aromatic heterocycles. The summed E-state index contributed by atoms with van der Waals surface area (Å²) < 4.78 is 0. The molecule has 112 valence electrons. The van der Waals surface area contributed by atoms with Crippen molar-refractivity contribution in [2.45, 2.75) is 26.2 Å². The Morgan fingerprint density at radius 3 is 2.52 bits per heavy atom. The lowest BCUT2D eigenvalue weighted by molar-refractivity contribution is 0.473. The molecule has 0 spiro atoms. The maximum Gasteiger partial charge on any atom is 0.124 e. The van der Waals surface area contributed by atoms with Crippen molar-refractivity contribution in [3.05, 3.63) is 58.9 Å². The molecule has 0 aliphatic heterocycles. The lowest BCUT2D eigenvalue weighted by Gasteiger charge is -2.20. The molecule has 0 saturated carbocycles. The first kappa shape index (κ1) is 15.0. The molecule has 0 heterocycles. The highest BCUT2D eigenvalue weighted by molar-refractivity contribution is 5.71. The Bertz CT molecular complexity index is 610. The molecule has 0 bridgehead atoms. The van der Waals surface area contributed by atoms with Gasteiger partial charge in [0.2, 0.25) is 0 Å². The summed E-state index contributed by atoms with van der Waals surface area (Å²) in [4.78, 5) is 0. The second-order valence-corrected chi connectivity index (χ2v) is 5.59. The van der Waals surface area contributed by atoms with E-state index < -0.39 is 0 Å². The molecule has 1 aliphatic rings. The van der Waals surface area contributed by atoms with E-state index in [1.165, 1.54) is 0 Å². The number of para-hydroxylation sites is 1. The molecule has 1 aliphatic carbocycles. The first-order valence-electron chi connectivity index (χ1n) is 7.19. The summed E-state index contributed by atoms with van der Waals surface area (Å²) in [5, 5.41) is 9.86. The van der Waals surface area contributed by atoms with Crippen molar-refractivity contribution in [2.24, 2.45) is 23.1 Å². The Morgan fingerprint density at radius 2 is 1.95 bits per heavy atom. The summed E-state index contributed by atoms with van der Waals surface area (Å²) in [6.07, 6.45) is 7.02. The predicted octanol–water partition coefficient (Wildman–Crippen LogP) is 2.57. The molecule has 0 radical (unpaired) electrons. The fraction of sp³-hybridized carbons (Fsp3) is 0.294. The van der Waals surface area contributed by atoms with Gasteiger partial charge in [0.15, 0.2) is 0 Å². The standard InChI is InChI=1S/C17H23N3O/c1-11-6-8-12(9-7-11)14(17(19)20)10-15(18)13-4-2-3-5-16(13)21/h2-5,8,10-11,21H,6-7,9,18-20H2,1H3/b15-10-. The van der Waals surface area contributed by atoms with E-state index in [1.807, 2.05) is 6.07 Å². The van der Waals surface area contributed by atoms with Gasteiger partial charge in [-0.15, -0.1) is 0 Å². The van der Waals surface area contributed by atoms with Crippen LogP contribution in [-0.4, -0.2) is 5.11 Å². The average molecular weight is 285 g/mol. The Morgan fingerprint density at radius 1 is 1.24 bits per heavy atom. The van der Waals surface area contributed by atoms with E-state index >= 15 is 0 Å². The molecular weight excluding hydrogens is 262 g/mol. The zero-order valence-corrected chi connectivity index (χ0v) is 12.3. The molecule has 21 heavy (non-hydrogen) atoms. The minimum atomic E-state index is 0.146. The summed E-state index contributed by atoms with van der Waals surface area (Å²) in [5.41, 5.74) is 20.7. The minimum absolute atomic E-state index is 0.146. The molecule has 1 unspecified atom stereocenters. The monoisotopic (exact) mass is 285 g/mol. The Hall–Kier alpha value is -2.36. The fourth-order valence-corrected chi connectivity index (χ4v) is 2.52. The van der Waals surface area contributed by atoms with Gasteiger partial charge in [-0.2, -0.15) is 0 Å². The molecule has 4 heteroatoms. The van der Waals surface area contributed by atoms with Crippen LogP contribution >= 0.6 is 0 Å². The Kier molecular flexibility index (Phi) is 4.58. The zero-order valence-electron chi connectivity index (χ0n) is 12.3. The Balaban J connectivity index is 2.35. The smallest absolute Gasteiger partial charge is 0.124 e. The summed E-state index contributed by atoms with van der Waals surface area (Å²) in [6.45, 7) is 2.23. The van der Waals surface area contributed by atoms with Crippen LogP contribution in [0.15, 0.2) is 53.4 Å². The van der Waals surface area contributed by atoms with Gasteiger partial charge >= 0.3 is 0 Å². The van der Waals surface area contributed by atoms with Gasteiger partial charge in [0.25, 0.3) is 0 Å². The van der Waals surface area contributed by atoms with Crippen molar-refractivity contribution in [3.63, 3.8) is 0 Å². The van der Waals surface area contributed by atoms with Gasteiger partial charge in [0.05, 0.1) is 0 Å². The summed E-state index contributed by atoms with van der Waals surface area (Å²) >= 11 is 0. The predicted molar refractivity (Wildman–Crippen MR) is 86.8 cm³/mol. The van der Waals surface area contributed by atoms with Gasteiger partial charge in [0, 0.05) is 16.8 Å². The second-order valence-electron chi connectivity index (χ2n) is 5.59. The normalized spacial score (nSPS) is 19.0. The van der Waals surface area contributed by atoms with Crippen LogP contribution in [0.5, 0.6) is 5.75 Å².